The lowest BCUT2D eigenvalue weighted by Crippen LogP contribution is -2.60. The second-order valence-electron chi connectivity index (χ2n) is 15.8. The Hall–Kier alpha value is -3.88. The molecule has 2 unspecified atom stereocenters. The number of hydrogen-bond acceptors (Lipinski definition) is 6. The summed E-state index contributed by atoms with van der Waals surface area (Å²) in [6, 6.07) is 15.6. The number of hydrogen-bond donors (Lipinski definition) is 2. The first kappa shape index (κ1) is 36.9. The molecule has 2 aliphatic heterocycles. The van der Waals surface area contributed by atoms with Gasteiger partial charge in [0.25, 0.3) is 0 Å². The van der Waals surface area contributed by atoms with Gasteiger partial charge in [-0.05, 0) is 54.5 Å². The van der Waals surface area contributed by atoms with Gasteiger partial charge in [-0.3, -0.25) is 14.3 Å². The molecule has 4 aromatic rings. The molecule has 12 nitrogen and oxygen atoms in total. The van der Waals surface area contributed by atoms with Gasteiger partial charge in [-0.15, -0.1) is 0 Å². The van der Waals surface area contributed by atoms with Crippen LogP contribution in [-0.2, 0) is 14.6 Å². The molecule has 2 aliphatic rings. The van der Waals surface area contributed by atoms with Gasteiger partial charge < -0.3 is 24.7 Å². The van der Waals surface area contributed by atoms with Crippen molar-refractivity contribution in [2.45, 2.75) is 69.8 Å². The molecule has 0 bridgehead atoms. The zero-order valence-corrected chi connectivity index (χ0v) is 32.4. The van der Waals surface area contributed by atoms with Crippen LogP contribution in [-0.4, -0.2) is 115 Å². The van der Waals surface area contributed by atoms with Crippen LogP contribution in [0.15, 0.2) is 65.6 Å². The molecule has 276 valence electrons. The summed E-state index contributed by atoms with van der Waals surface area (Å²) in [5, 5.41) is 2.52. The number of piperidine rings is 1. The van der Waals surface area contributed by atoms with E-state index in [-0.39, 0.29) is 23.4 Å². The maximum absolute atomic E-state index is 14.7. The van der Waals surface area contributed by atoms with Gasteiger partial charge in [-0.25, -0.2) is 18.0 Å². The maximum Gasteiger partial charge on any atom is 0.326 e. The second-order valence-corrected chi connectivity index (χ2v) is 23.7. The van der Waals surface area contributed by atoms with E-state index in [1.54, 1.807) is 25.1 Å². The first-order valence-electron chi connectivity index (χ1n) is 18.2. The molecular formula is C37H53N7O5SSi. The molecule has 0 saturated carbocycles. The Morgan fingerprint density at radius 2 is 1.53 bits per heavy atom. The number of amides is 3. The standard InChI is InChI=1S/C37H53N7O5SSi/c1-27(2)26-40-20-22-41(23-21-40)34(45)33(35(50(48,49)24-25-51(3,4)5)43-19-14-28-10-6-8-12-31(28)43)39-36(46)42-17-15-29(16-18-42)44-32-13-9-7-11-30(32)38-37(44)47/h6-14,19,27,29,33,35H,15-18,20-26H2,1-5H3,(H,38,47)(H,39,46). The van der Waals surface area contributed by atoms with Crippen LogP contribution in [0, 0.1) is 5.92 Å². The molecule has 2 saturated heterocycles. The number of likely N-dealkylation sites (tertiary alicyclic amines) is 1. The Morgan fingerprint density at radius 3 is 2.20 bits per heavy atom. The van der Waals surface area contributed by atoms with Crippen molar-refractivity contribution in [3.05, 3.63) is 71.3 Å². The van der Waals surface area contributed by atoms with E-state index in [9.17, 15) is 22.8 Å². The van der Waals surface area contributed by atoms with Crippen molar-refractivity contribution in [2.24, 2.45) is 5.92 Å². The summed E-state index contributed by atoms with van der Waals surface area (Å²) in [6.45, 7) is 14.7. The number of aromatic amines is 1. The summed E-state index contributed by atoms with van der Waals surface area (Å²) in [7, 11) is -5.74. The Kier molecular flexibility index (Phi) is 10.8. The van der Waals surface area contributed by atoms with Gasteiger partial charge in [0.05, 0.1) is 16.8 Å². The number of aromatic nitrogens is 3. The number of para-hydroxylation sites is 3. The third-order valence-electron chi connectivity index (χ3n) is 10.3. The summed E-state index contributed by atoms with van der Waals surface area (Å²) in [6.07, 6.45) is 2.83. The zero-order chi connectivity index (χ0) is 36.5. The van der Waals surface area contributed by atoms with Crippen LogP contribution in [0.3, 0.4) is 0 Å². The Balaban J connectivity index is 1.30. The largest absolute Gasteiger partial charge is 0.338 e. The van der Waals surface area contributed by atoms with E-state index < -0.39 is 35.4 Å². The number of carbonyl (C=O) groups is 2. The molecule has 4 heterocycles. The number of nitrogens with one attached hydrogen (secondary N) is 2. The molecular weight excluding hydrogens is 683 g/mol. The van der Waals surface area contributed by atoms with Crippen molar-refractivity contribution < 1.29 is 18.0 Å². The highest BCUT2D eigenvalue weighted by molar-refractivity contribution is 7.91. The SMILES string of the molecule is CC(C)CN1CCN(C(=O)C(NC(=O)N2CCC(n3c(=O)[nH]c4ccccc43)CC2)C(n2ccc3ccccc32)S(=O)(=O)CC[Si](C)(C)C)CC1. The van der Waals surface area contributed by atoms with Gasteiger partial charge in [0.2, 0.25) is 5.91 Å². The number of piperazine rings is 1. The second kappa shape index (κ2) is 15.0. The highest BCUT2D eigenvalue weighted by Gasteiger charge is 2.44. The van der Waals surface area contributed by atoms with Crippen LogP contribution in [0.2, 0.25) is 25.7 Å². The quantitative estimate of drug-likeness (QED) is 0.214. The van der Waals surface area contributed by atoms with Crippen LogP contribution in [0.4, 0.5) is 4.79 Å². The Labute approximate surface area is 301 Å². The minimum atomic E-state index is -3.95. The predicted octanol–water partition coefficient (Wildman–Crippen LogP) is 4.75. The van der Waals surface area contributed by atoms with Crippen LogP contribution < -0.4 is 11.0 Å². The van der Waals surface area contributed by atoms with E-state index in [2.05, 4.69) is 48.7 Å². The van der Waals surface area contributed by atoms with E-state index in [0.29, 0.717) is 69.6 Å². The number of carbonyl (C=O) groups excluding carboxylic acids is 2. The summed E-state index contributed by atoms with van der Waals surface area (Å²) < 4.78 is 32.7. The number of fused-ring (bicyclic) bond motifs is 2. The molecule has 2 N–H and O–H groups in total. The molecule has 0 radical (unpaired) electrons. The Morgan fingerprint density at radius 1 is 0.882 bits per heavy atom. The Bertz CT molecular complexity index is 2020. The minimum Gasteiger partial charge on any atom is -0.338 e. The molecule has 2 aromatic carbocycles. The summed E-state index contributed by atoms with van der Waals surface area (Å²) >= 11 is 0. The third kappa shape index (κ3) is 8.28. The van der Waals surface area contributed by atoms with Crippen LogP contribution in [0.1, 0.15) is 38.1 Å². The van der Waals surface area contributed by atoms with Crippen molar-refractivity contribution in [1.29, 1.82) is 0 Å². The molecule has 3 amide bonds. The fourth-order valence-corrected chi connectivity index (χ4v) is 12.5. The van der Waals surface area contributed by atoms with E-state index in [1.807, 2.05) is 54.6 Å². The molecule has 14 heteroatoms. The number of sulfone groups is 1. The molecule has 2 atom stereocenters. The zero-order valence-electron chi connectivity index (χ0n) is 30.5. The van der Waals surface area contributed by atoms with Gasteiger partial charge in [0.15, 0.2) is 15.2 Å². The highest BCUT2D eigenvalue weighted by Crippen LogP contribution is 2.31. The third-order valence-corrected chi connectivity index (χ3v) is 14.4. The molecule has 2 fully saturated rings. The van der Waals surface area contributed by atoms with Gasteiger partial charge in [-0.2, -0.15) is 0 Å². The molecule has 2 aromatic heterocycles. The number of benzene rings is 2. The van der Waals surface area contributed by atoms with Gasteiger partial charge in [0.1, 0.15) is 6.04 Å². The minimum absolute atomic E-state index is 0.0769. The first-order chi connectivity index (χ1) is 24.2. The van der Waals surface area contributed by atoms with Gasteiger partial charge in [0, 0.05) is 71.6 Å². The summed E-state index contributed by atoms with van der Waals surface area (Å²) in [5.41, 5.74) is 2.12. The number of rotatable bonds is 11. The highest BCUT2D eigenvalue weighted by atomic mass is 32.2. The van der Waals surface area contributed by atoms with Crippen molar-refractivity contribution in [1.82, 2.24) is 34.1 Å². The van der Waals surface area contributed by atoms with Crippen molar-refractivity contribution >= 4 is 51.8 Å². The van der Waals surface area contributed by atoms with Crippen LogP contribution in [0.25, 0.3) is 21.9 Å². The molecule has 0 spiro atoms. The van der Waals surface area contributed by atoms with Crippen molar-refractivity contribution in [3.8, 4) is 0 Å². The lowest BCUT2D eigenvalue weighted by molar-refractivity contribution is -0.135. The summed E-state index contributed by atoms with van der Waals surface area (Å²) in [5.74, 6) is 0.0278. The number of H-pyrrole nitrogens is 1. The van der Waals surface area contributed by atoms with E-state index in [0.717, 1.165) is 23.0 Å². The van der Waals surface area contributed by atoms with Gasteiger partial charge >= 0.3 is 11.7 Å². The monoisotopic (exact) mass is 735 g/mol. The average molecular weight is 736 g/mol. The van der Waals surface area contributed by atoms with E-state index >= 15 is 0 Å². The molecule has 6 rings (SSSR count). The fraction of sp³-hybridized carbons (Fsp3) is 0.541. The number of nitrogens with zero attached hydrogens (tertiary/aromatic N) is 5. The van der Waals surface area contributed by atoms with E-state index in [1.165, 1.54) is 0 Å². The maximum atomic E-state index is 14.7. The fourth-order valence-electron chi connectivity index (χ4n) is 7.54. The molecule has 0 aliphatic carbocycles. The molecule has 51 heavy (non-hydrogen) atoms. The summed E-state index contributed by atoms with van der Waals surface area (Å²) in [4.78, 5) is 50.4. The normalized spacial score (nSPS) is 18.1. The number of imidazole rings is 1. The lowest BCUT2D eigenvalue weighted by atomic mass is 10.0. The topological polar surface area (TPSA) is 133 Å². The van der Waals surface area contributed by atoms with Gasteiger partial charge in [-0.1, -0.05) is 63.8 Å². The van der Waals surface area contributed by atoms with Crippen molar-refractivity contribution in [3.63, 3.8) is 0 Å². The van der Waals surface area contributed by atoms with Crippen LogP contribution in [0.5, 0.6) is 0 Å². The lowest BCUT2D eigenvalue weighted by Gasteiger charge is -2.40. The first-order valence-corrected chi connectivity index (χ1v) is 23.7. The predicted molar refractivity (Wildman–Crippen MR) is 205 cm³/mol. The number of urea groups is 1. The average Bonchev–Trinajstić information content (AvgIpc) is 3.66. The smallest absolute Gasteiger partial charge is 0.326 e. The van der Waals surface area contributed by atoms with E-state index in [4.69, 9.17) is 0 Å². The van der Waals surface area contributed by atoms with Crippen LogP contribution >= 0.6 is 0 Å². The van der Waals surface area contributed by atoms with Crippen molar-refractivity contribution in [2.75, 3.05) is 51.6 Å².